The molecule has 1 atom stereocenters. The Bertz CT molecular complexity index is 560. The van der Waals surface area contributed by atoms with Gasteiger partial charge in [-0.2, -0.15) is 0 Å². The Morgan fingerprint density at radius 3 is 2.83 bits per heavy atom. The number of halogens is 2. The van der Waals surface area contributed by atoms with Crippen molar-refractivity contribution in [1.29, 1.82) is 0 Å². The summed E-state index contributed by atoms with van der Waals surface area (Å²) in [6.45, 7) is 1.85. The third-order valence-electron chi connectivity index (χ3n) is 2.39. The highest BCUT2D eigenvalue weighted by Crippen LogP contribution is 2.32. The van der Waals surface area contributed by atoms with Crippen LogP contribution in [0.25, 0.3) is 0 Å². The van der Waals surface area contributed by atoms with Crippen molar-refractivity contribution in [2.45, 2.75) is 13.0 Å². The van der Waals surface area contributed by atoms with Crippen molar-refractivity contribution in [3.8, 4) is 11.6 Å². The second-order valence-electron chi connectivity index (χ2n) is 3.86. The van der Waals surface area contributed by atoms with Gasteiger partial charge in [-0.05, 0) is 47.1 Å². The van der Waals surface area contributed by atoms with Crippen molar-refractivity contribution in [2.75, 3.05) is 0 Å². The second-order valence-corrected chi connectivity index (χ2v) is 4.72. The van der Waals surface area contributed by atoms with Crippen molar-refractivity contribution >= 4 is 15.9 Å². The van der Waals surface area contributed by atoms with Crippen LogP contribution in [-0.2, 0) is 0 Å². The number of ether oxygens (including phenoxy) is 1. The van der Waals surface area contributed by atoms with Gasteiger partial charge in [0.25, 0.3) is 0 Å². The first-order valence-corrected chi connectivity index (χ1v) is 6.20. The number of hydrogen-bond donors (Lipinski definition) is 1. The second kappa shape index (κ2) is 5.46. The molecule has 0 amide bonds. The average Bonchev–Trinajstić information content (AvgIpc) is 2.33. The van der Waals surface area contributed by atoms with E-state index in [1.54, 1.807) is 18.3 Å². The van der Waals surface area contributed by atoms with E-state index in [9.17, 15) is 4.39 Å². The van der Waals surface area contributed by atoms with Gasteiger partial charge < -0.3 is 10.5 Å². The molecular formula is C13H12BrFN2O. The maximum atomic E-state index is 13.0. The summed E-state index contributed by atoms with van der Waals surface area (Å²) < 4.78 is 19.2. The van der Waals surface area contributed by atoms with Gasteiger partial charge >= 0.3 is 0 Å². The molecule has 2 aromatic rings. The fourth-order valence-electron chi connectivity index (χ4n) is 1.50. The zero-order valence-electron chi connectivity index (χ0n) is 9.73. The first-order valence-electron chi connectivity index (χ1n) is 5.41. The number of hydrogen-bond acceptors (Lipinski definition) is 3. The van der Waals surface area contributed by atoms with E-state index in [-0.39, 0.29) is 11.9 Å². The minimum atomic E-state index is -0.331. The Kier molecular flexibility index (Phi) is 3.93. The summed E-state index contributed by atoms with van der Waals surface area (Å²) in [5.41, 5.74) is 6.64. The van der Waals surface area contributed by atoms with Crippen LogP contribution in [0.5, 0.6) is 11.6 Å². The molecule has 2 rings (SSSR count). The largest absolute Gasteiger partial charge is 0.437 e. The number of benzene rings is 1. The van der Waals surface area contributed by atoms with Gasteiger partial charge in [-0.15, -0.1) is 0 Å². The lowest BCUT2D eigenvalue weighted by Gasteiger charge is -2.13. The zero-order chi connectivity index (χ0) is 13.1. The normalized spacial score (nSPS) is 12.2. The molecule has 0 spiro atoms. The molecule has 18 heavy (non-hydrogen) atoms. The molecule has 1 heterocycles. The predicted molar refractivity (Wildman–Crippen MR) is 71.0 cm³/mol. The zero-order valence-corrected chi connectivity index (χ0v) is 11.3. The van der Waals surface area contributed by atoms with Gasteiger partial charge in [0.05, 0.1) is 4.47 Å². The maximum Gasteiger partial charge on any atom is 0.224 e. The van der Waals surface area contributed by atoms with Crippen molar-refractivity contribution in [3.63, 3.8) is 0 Å². The maximum absolute atomic E-state index is 13.0. The number of pyridine rings is 1. The van der Waals surface area contributed by atoms with Crippen molar-refractivity contribution in [3.05, 3.63) is 52.4 Å². The number of nitrogens with zero attached hydrogens (tertiary/aromatic N) is 1. The van der Waals surface area contributed by atoms with E-state index in [0.717, 1.165) is 5.56 Å². The van der Waals surface area contributed by atoms with Crippen LogP contribution >= 0.6 is 15.9 Å². The van der Waals surface area contributed by atoms with Crippen molar-refractivity contribution in [1.82, 2.24) is 4.98 Å². The SMILES string of the molecule is C[C@@H](N)c1cccnc1Oc1ccc(F)cc1Br. The Morgan fingerprint density at radius 1 is 1.39 bits per heavy atom. The highest BCUT2D eigenvalue weighted by atomic mass is 79.9. The fourth-order valence-corrected chi connectivity index (χ4v) is 1.93. The fraction of sp³-hybridized carbons (Fsp3) is 0.154. The number of aromatic nitrogens is 1. The van der Waals surface area contributed by atoms with Crippen molar-refractivity contribution in [2.24, 2.45) is 5.73 Å². The molecule has 0 unspecified atom stereocenters. The standard InChI is InChI=1S/C13H12BrFN2O/c1-8(16)10-3-2-6-17-13(10)18-12-5-4-9(15)7-11(12)14/h2-8H,16H2,1H3/t8-/m1/s1. The van der Waals surface area contributed by atoms with Crippen LogP contribution in [0.15, 0.2) is 41.0 Å². The topological polar surface area (TPSA) is 48.1 Å². The summed E-state index contributed by atoms with van der Waals surface area (Å²) in [5.74, 6) is 0.597. The lowest BCUT2D eigenvalue weighted by atomic mass is 10.1. The Labute approximate surface area is 113 Å². The first kappa shape index (κ1) is 13.0. The van der Waals surface area contributed by atoms with Gasteiger partial charge in [-0.1, -0.05) is 6.07 Å². The monoisotopic (exact) mass is 310 g/mol. The third kappa shape index (κ3) is 2.86. The average molecular weight is 311 g/mol. The van der Waals surface area contributed by atoms with E-state index in [0.29, 0.717) is 16.1 Å². The lowest BCUT2D eigenvalue weighted by molar-refractivity contribution is 0.448. The lowest BCUT2D eigenvalue weighted by Crippen LogP contribution is -2.07. The molecule has 94 valence electrons. The van der Waals surface area contributed by atoms with E-state index in [1.807, 2.05) is 13.0 Å². The molecular weight excluding hydrogens is 299 g/mol. The smallest absolute Gasteiger partial charge is 0.224 e. The van der Waals surface area contributed by atoms with E-state index in [1.165, 1.54) is 12.1 Å². The van der Waals surface area contributed by atoms with E-state index >= 15 is 0 Å². The minimum absolute atomic E-state index is 0.187. The van der Waals surface area contributed by atoms with E-state index in [2.05, 4.69) is 20.9 Å². The van der Waals surface area contributed by atoms with Gasteiger partial charge in [0.2, 0.25) is 5.88 Å². The van der Waals surface area contributed by atoms with E-state index < -0.39 is 0 Å². The van der Waals surface area contributed by atoms with Gasteiger partial charge in [0.15, 0.2) is 0 Å². The van der Waals surface area contributed by atoms with Crippen LogP contribution in [0, 0.1) is 5.82 Å². The summed E-state index contributed by atoms with van der Waals surface area (Å²) in [7, 11) is 0. The van der Waals surface area contributed by atoms with E-state index in [4.69, 9.17) is 10.5 Å². The molecule has 3 nitrogen and oxygen atoms in total. The molecule has 5 heteroatoms. The highest BCUT2D eigenvalue weighted by Gasteiger charge is 2.11. The molecule has 0 radical (unpaired) electrons. The molecule has 2 N–H and O–H groups in total. The van der Waals surface area contributed by atoms with Gasteiger partial charge in [-0.3, -0.25) is 0 Å². The molecule has 1 aromatic heterocycles. The van der Waals surface area contributed by atoms with Gasteiger partial charge in [0, 0.05) is 17.8 Å². The predicted octanol–water partition coefficient (Wildman–Crippen LogP) is 3.80. The van der Waals surface area contributed by atoms with Crippen LogP contribution < -0.4 is 10.5 Å². The molecule has 0 fully saturated rings. The summed E-state index contributed by atoms with van der Waals surface area (Å²) in [6.07, 6.45) is 1.62. The van der Waals surface area contributed by atoms with Gasteiger partial charge in [-0.25, -0.2) is 9.37 Å². The van der Waals surface area contributed by atoms with Crippen LogP contribution in [0.4, 0.5) is 4.39 Å². The van der Waals surface area contributed by atoms with Crippen LogP contribution in [-0.4, -0.2) is 4.98 Å². The molecule has 1 aromatic carbocycles. The number of rotatable bonds is 3. The molecule has 0 aliphatic heterocycles. The summed E-state index contributed by atoms with van der Waals surface area (Å²) in [6, 6.07) is 7.67. The Morgan fingerprint density at radius 2 is 2.17 bits per heavy atom. The van der Waals surface area contributed by atoms with Crippen LogP contribution in [0.3, 0.4) is 0 Å². The third-order valence-corrected chi connectivity index (χ3v) is 3.01. The van der Waals surface area contributed by atoms with Crippen molar-refractivity contribution < 1.29 is 9.13 Å². The molecule has 0 saturated heterocycles. The molecule has 0 saturated carbocycles. The quantitative estimate of drug-likeness (QED) is 0.938. The summed E-state index contributed by atoms with van der Waals surface area (Å²) in [4.78, 5) is 4.14. The number of nitrogens with two attached hydrogens (primary N) is 1. The molecule has 0 bridgehead atoms. The first-order chi connectivity index (χ1) is 8.58. The Balaban J connectivity index is 2.34. The minimum Gasteiger partial charge on any atom is -0.437 e. The van der Waals surface area contributed by atoms with Gasteiger partial charge in [0.1, 0.15) is 11.6 Å². The summed E-state index contributed by atoms with van der Waals surface area (Å²) >= 11 is 3.24. The van der Waals surface area contributed by atoms with Crippen LogP contribution in [0.1, 0.15) is 18.5 Å². The Hall–Kier alpha value is -1.46. The highest BCUT2D eigenvalue weighted by molar-refractivity contribution is 9.10. The molecule has 0 aliphatic rings. The van der Waals surface area contributed by atoms with Crippen LogP contribution in [0.2, 0.25) is 0 Å². The summed E-state index contributed by atoms with van der Waals surface area (Å²) in [5, 5.41) is 0. The molecule has 0 aliphatic carbocycles.